The molecule has 0 saturated carbocycles. The number of hydrogen-bond donors (Lipinski definition) is 2. The average Bonchev–Trinajstić information content (AvgIpc) is 2.46. The van der Waals surface area contributed by atoms with Crippen LogP contribution in [0.5, 0.6) is 5.75 Å². The minimum absolute atomic E-state index is 0. The van der Waals surface area contributed by atoms with Crippen LogP contribution in [0, 0.1) is 0 Å². The van der Waals surface area contributed by atoms with Crippen LogP contribution in [-0.4, -0.2) is 13.0 Å². The summed E-state index contributed by atoms with van der Waals surface area (Å²) < 4.78 is 5.05. The van der Waals surface area contributed by atoms with E-state index in [9.17, 15) is 4.79 Å². The van der Waals surface area contributed by atoms with Gasteiger partial charge in [0, 0.05) is 5.56 Å². The second kappa shape index (κ2) is 7.28. The third kappa shape index (κ3) is 4.19. The van der Waals surface area contributed by atoms with E-state index in [1.54, 1.807) is 19.2 Å². The molecule has 2 N–H and O–H groups in total. The van der Waals surface area contributed by atoms with E-state index in [1.165, 1.54) is 0 Å². The fraction of sp³-hybridized carbons (Fsp3) is 0.0714. The molecule has 0 heterocycles. The van der Waals surface area contributed by atoms with Gasteiger partial charge in [0.15, 0.2) is 0 Å². The number of nitrogens with one attached hydrogen (secondary N) is 2. The first-order valence-electron chi connectivity index (χ1n) is 5.55. The topological polar surface area (TPSA) is 50.4 Å². The number of carbonyl (C=O) groups excluding carboxylic acids is 1. The fourth-order valence-electron chi connectivity index (χ4n) is 1.46. The van der Waals surface area contributed by atoms with E-state index in [1.807, 2.05) is 42.5 Å². The molecule has 100 valence electrons. The zero-order valence-corrected chi connectivity index (χ0v) is 11.2. The number of hydrogen-bond acceptors (Lipinski definition) is 3. The number of halogens is 1. The molecule has 0 fully saturated rings. The van der Waals surface area contributed by atoms with Crippen molar-refractivity contribution in [3.63, 3.8) is 0 Å². The third-order valence-corrected chi connectivity index (χ3v) is 2.45. The molecule has 5 heteroatoms. The Morgan fingerprint density at radius 2 is 1.63 bits per heavy atom. The van der Waals surface area contributed by atoms with E-state index in [0.717, 1.165) is 11.4 Å². The molecule has 0 spiro atoms. The van der Waals surface area contributed by atoms with Crippen LogP contribution in [0.15, 0.2) is 54.6 Å². The van der Waals surface area contributed by atoms with Crippen LogP contribution < -0.4 is 15.6 Å². The number of amides is 1. The van der Waals surface area contributed by atoms with Crippen molar-refractivity contribution < 1.29 is 9.53 Å². The first kappa shape index (κ1) is 14.9. The van der Waals surface area contributed by atoms with Crippen LogP contribution in [0.4, 0.5) is 5.69 Å². The normalized spacial score (nSPS) is 9.11. The number of carbonyl (C=O) groups is 1. The molecule has 0 aromatic heterocycles. The molecule has 0 aliphatic rings. The molecule has 4 nitrogen and oxygen atoms in total. The van der Waals surface area contributed by atoms with Crippen molar-refractivity contribution in [2.45, 2.75) is 0 Å². The summed E-state index contributed by atoms with van der Waals surface area (Å²) in [5.41, 5.74) is 6.86. The highest BCUT2D eigenvalue weighted by molar-refractivity contribution is 5.94. The Kier molecular flexibility index (Phi) is 5.70. The summed E-state index contributed by atoms with van der Waals surface area (Å²) in [4.78, 5) is 11.7. The Balaban J connectivity index is 0.00000180. The summed E-state index contributed by atoms with van der Waals surface area (Å²) in [6.07, 6.45) is 0. The Morgan fingerprint density at radius 1 is 1.00 bits per heavy atom. The molecular weight excluding hydrogens is 264 g/mol. The summed E-state index contributed by atoms with van der Waals surface area (Å²) in [7, 11) is 1.61. The maximum atomic E-state index is 11.7. The lowest BCUT2D eigenvalue weighted by Gasteiger charge is -2.09. The van der Waals surface area contributed by atoms with Crippen LogP contribution in [0.25, 0.3) is 0 Å². The molecule has 1 amide bonds. The van der Waals surface area contributed by atoms with Crippen molar-refractivity contribution in [1.82, 2.24) is 5.43 Å². The Labute approximate surface area is 118 Å². The third-order valence-electron chi connectivity index (χ3n) is 2.45. The van der Waals surface area contributed by atoms with Gasteiger partial charge >= 0.3 is 0 Å². The highest BCUT2D eigenvalue weighted by Gasteiger charge is 2.03. The van der Waals surface area contributed by atoms with Gasteiger partial charge in [-0.05, 0) is 36.4 Å². The second-order valence-corrected chi connectivity index (χ2v) is 3.67. The zero-order chi connectivity index (χ0) is 12.8. The van der Waals surface area contributed by atoms with Crippen molar-refractivity contribution in [3.8, 4) is 5.75 Å². The van der Waals surface area contributed by atoms with Gasteiger partial charge in [0.2, 0.25) is 0 Å². The number of benzene rings is 2. The van der Waals surface area contributed by atoms with Crippen LogP contribution in [0.2, 0.25) is 0 Å². The van der Waals surface area contributed by atoms with Gasteiger partial charge in [-0.15, -0.1) is 12.4 Å². The number of ether oxygens (including phenoxy) is 1. The molecular formula is C14H15ClN2O2. The van der Waals surface area contributed by atoms with Gasteiger partial charge in [-0.2, -0.15) is 0 Å². The number of anilines is 1. The van der Waals surface area contributed by atoms with Crippen LogP contribution in [-0.2, 0) is 0 Å². The molecule has 0 atom stereocenters. The van der Waals surface area contributed by atoms with Crippen molar-refractivity contribution in [3.05, 3.63) is 60.2 Å². The van der Waals surface area contributed by atoms with E-state index in [0.29, 0.717) is 5.56 Å². The minimum atomic E-state index is -0.175. The molecule has 19 heavy (non-hydrogen) atoms. The van der Waals surface area contributed by atoms with Crippen LogP contribution >= 0.6 is 12.4 Å². The van der Waals surface area contributed by atoms with Crippen LogP contribution in [0.3, 0.4) is 0 Å². The molecule has 0 unspecified atom stereocenters. The minimum Gasteiger partial charge on any atom is -0.497 e. The molecule has 2 aromatic rings. The fourth-order valence-corrected chi connectivity index (χ4v) is 1.46. The zero-order valence-electron chi connectivity index (χ0n) is 10.4. The number of hydrazine groups is 1. The van der Waals surface area contributed by atoms with Gasteiger partial charge in [-0.25, -0.2) is 0 Å². The van der Waals surface area contributed by atoms with E-state index in [2.05, 4.69) is 10.9 Å². The quantitative estimate of drug-likeness (QED) is 0.846. The van der Waals surface area contributed by atoms with E-state index < -0.39 is 0 Å². The molecule has 0 radical (unpaired) electrons. The molecule has 0 bridgehead atoms. The van der Waals surface area contributed by atoms with Gasteiger partial charge in [0.1, 0.15) is 5.75 Å². The number of rotatable bonds is 4. The highest BCUT2D eigenvalue weighted by atomic mass is 35.5. The second-order valence-electron chi connectivity index (χ2n) is 3.67. The van der Waals surface area contributed by atoms with Crippen molar-refractivity contribution >= 4 is 24.0 Å². The summed E-state index contributed by atoms with van der Waals surface area (Å²) in [5, 5.41) is 0. The van der Waals surface area contributed by atoms with Crippen molar-refractivity contribution in [2.75, 3.05) is 12.5 Å². The van der Waals surface area contributed by atoms with Gasteiger partial charge in [0.05, 0.1) is 12.8 Å². The maximum Gasteiger partial charge on any atom is 0.269 e. The van der Waals surface area contributed by atoms with Crippen molar-refractivity contribution in [1.29, 1.82) is 0 Å². The predicted octanol–water partition coefficient (Wildman–Crippen LogP) is 2.87. The monoisotopic (exact) mass is 278 g/mol. The van der Waals surface area contributed by atoms with Gasteiger partial charge < -0.3 is 4.74 Å². The molecule has 0 aliphatic carbocycles. The lowest BCUT2D eigenvalue weighted by molar-refractivity contribution is 0.0962. The lowest BCUT2D eigenvalue weighted by atomic mass is 10.2. The Morgan fingerprint density at radius 3 is 2.21 bits per heavy atom. The molecule has 0 saturated heterocycles. The standard InChI is InChI=1S/C14H14N2O2.ClH/c1-18-13-9-7-12(8-10-13)15-16-14(17)11-5-3-2-4-6-11;/h2-10,15H,1H3,(H,16,17);1H. The van der Waals surface area contributed by atoms with Crippen LogP contribution in [0.1, 0.15) is 10.4 Å². The van der Waals surface area contributed by atoms with Gasteiger partial charge in [-0.3, -0.25) is 15.6 Å². The summed E-state index contributed by atoms with van der Waals surface area (Å²) >= 11 is 0. The predicted molar refractivity (Wildman–Crippen MR) is 77.8 cm³/mol. The van der Waals surface area contributed by atoms with Crippen molar-refractivity contribution in [2.24, 2.45) is 0 Å². The molecule has 2 rings (SSSR count). The SMILES string of the molecule is COc1ccc(NNC(=O)c2ccccc2)cc1.Cl. The average molecular weight is 279 g/mol. The largest absolute Gasteiger partial charge is 0.497 e. The summed E-state index contributed by atoms with van der Waals surface area (Å²) in [6.45, 7) is 0. The maximum absolute atomic E-state index is 11.7. The molecule has 0 aliphatic heterocycles. The van der Waals surface area contributed by atoms with Gasteiger partial charge in [-0.1, -0.05) is 18.2 Å². The smallest absolute Gasteiger partial charge is 0.269 e. The highest BCUT2D eigenvalue weighted by Crippen LogP contribution is 2.14. The first-order chi connectivity index (χ1) is 8.79. The Bertz CT molecular complexity index is 515. The first-order valence-corrected chi connectivity index (χ1v) is 5.55. The van der Waals surface area contributed by atoms with E-state index >= 15 is 0 Å². The van der Waals surface area contributed by atoms with E-state index in [4.69, 9.17) is 4.74 Å². The summed E-state index contributed by atoms with van der Waals surface area (Å²) in [6, 6.07) is 16.3. The lowest BCUT2D eigenvalue weighted by Crippen LogP contribution is -2.29. The van der Waals surface area contributed by atoms with Gasteiger partial charge in [0.25, 0.3) is 5.91 Å². The number of methoxy groups -OCH3 is 1. The Hall–Kier alpha value is -2.20. The molecule has 2 aromatic carbocycles. The summed E-state index contributed by atoms with van der Waals surface area (Å²) in [5.74, 6) is 0.598. The van der Waals surface area contributed by atoms with E-state index in [-0.39, 0.29) is 18.3 Å².